The molecule has 1 unspecified atom stereocenters. The number of fused-ring (bicyclic) bond motifs is 7. The van der Waals surface area contributed by atoms with Gasteiger partial charge in [-0.1, -0.05) is 135 Å². The number of carbonyl (C=O) groups excluding carboxylic acids is 2. The van der Waals surface area contributed by atoms with E-state index in [2.05, 4.69) is 84.0 Å². The zero-order valence-electron chi connectivity index (χ0n) is 38.9. The minimum absolute atomic E-state index is 0.103. The summed E-state index contributed by atoms with van der Waals surface area (Å²) < 4.78 is 10.1. The van der Waals surface area contributed by atoms with Crippen LogP contribution in [0, 0.1) is 26.7 Å². The molecule has 0 fully saturated rings. The number of hydrogen-bond donors (Lipinski definition) is 0. The zero-order chi connectivity index (χ0) is 44.7. The lowest BCUT2D eigenvalue weighted by Gasteiger charge is -2.15. The first-order valence-corrected chi connectivity index (χ1v) is 29.3. The Balaban J connectivity index is 1.14. The summed E-state index contributed by atoms with van der Waals surface area (Å²) in [6.07, 6.45) is 23.2. The van der Waals surface area contributed by atoms with Crippen molar-refractivity contribution in [2.45, 2.75) is 164 Å². The Morgan fingerprint density at radius 3 is 1.77 bits per heavy atom. The van der Waals surface area contributed by atoms with E-state index < -0.39 is 0 Å². The number of hydrogen-bond acceptors (Lipinski definition) is 9. The van der Waals surface area contributed by atoms with Crippen molar-refractivity contribution < 1.29 is 14.3 Å². The predicted octanol–water partition coefficient (Wildman–Crippen LogP) is 17.7. The number of ketones is 2. The van der Waals surface area contributed by atoms with Crippen molar-refractivity contribution in [1.29, 1.82) is 0 Å². The van der Waals surface area contributed by atoms with Gasteiger partial charge in [-0.05, 0) is 76.4 Å². The van der Waals surface area contributed by atoms with Gasteiger partial charge in [0.2, 0.25) is 0 Å². The monoisotopic (exact) mass is 966 g/mol. The van der Waals surface area contributed by atoms with E-state index in [1.165, 1.54) is 135 Å². The first kappa shape index (κ1) is 47.6. The van der Waals surface area contributed by atoms with Gasteiger partial charge in [-0.15, -0.1) is 56.7 Å². The molecule has 0 N–H and O–H groups in total. The third kappa shape index (κ3) is 10.3. The maximum atomic E-state index is 15.2. The first-order chi connectivity index (χ1) is 31.2. The quantitative estimate of drug-likeness (QED) is 0.0401. The van der Waals surface area contributed by atoms with Crippen LogP contribution in [0.3, 0.4) is 0 Å². The van der Waals surface area contributed by atoms with Gasteiger partial charge in [0, 0.05) is 88.4 Å². The van der Waals surface area contributed by atoms with E-state index in [4.69, 9.17) is 4.74 Å². The molecule has 1 aromatic carbocycles. The van der Waals surface area contributed by atoms with Gasteiger partial charge in [0.25, 0.3) is 0 Å². The van der Waals surface area contributed by atoms with Crippen molar-refractivity contribution in [3.8, 4) is 14.8 Å². The number of thiophene rings is 6. The second-order valence-corrected chi connectivity index (χ2v) is 25.0. The average Bonchev–Trinajstić information content (AvgIpc) is 4.15. The lowest BCUT2D eigenvalue weighted by Crippen LogP contribution is -2.25. The van der Waals surface area contributed by atoms with Crippen LogP contribution in [-0.4, -0.2) is 18.2 Å². The second-order valence-electron chi connectivity index (χ2n) is 18.1. The molecule has 8 rings (SSSR count). The predicted molar refractivity (Wildman–Crippen MR) is 286 cm³/mol. The van der Waals surface area contributed by atoms with E-state index in [0.717, 1.165) is 83.0 Å². The summed E-state index contributed by atoms with van der Waals surface area (Å²) in [6, 6.07) is 15.5. The fourth-order valence-electron chi connectivity index (χ4n) is 9.60. The number of benzene rings is 1. The molecular formula is C55H66O3S6. The third-order valence-corrected chi connectivity index (χ3v) is 19.9. The van der Waals surface area contributed by atoms with Crippen LogP contribution in [0.15, 0.2) is 42.5 Å². The van der Waals surface area contributed by atoms with Crippen molar-refractivity contribution >= 4 is 121 Å². The molecule has 0 aliphatic heterocycles. The lowest BCUT2D eigenvalue weighted by molar-refractivity contribution is -0.108. The van der Waals surface area contributed by atoms with Gasteiger partial charge in [-0.3, -0.25) is 9.59 Å². The number of Topliss-reactive ketones (excluding diaryl/α,β-unsaturated/α-hetero) is 2. The Bertz CT molecular complexity index is 2850. The minimum atomic E-state index is 0.103. The van der Waals surface area contributed by atoms with E-state index in [9.17, 15) is 4.79 Å². The van der Waals surface area contributed by atoms with E-state index in [0.29, 0.717) is 12.4 Å². The van der Waals surface area contributed by atoms with Gasteiger partial charge in [-0.2, -0.15) is 0 Å². The molecule has 0 saturated carbocycles. The Kier molecular flexibility index (Phi) is 16.5. The van der Waals surface area contributed by atoms with Gasteiger partial charge < -0.3 is 4.74 Å². The molecule has 340 valence electrons. The second kappa shape index (κ2) is 22.3. The summed E-state index contributed by atoms with van der Waals surface area (Å²) in [5.41, 5.74) is 1.66. The highest BCUT2D eigenvalue weighted by Gasteiger charge is 2.33. The van der Waals surface area contributed by atoms with Crippen LogP contribution in [0.5, 0.6) is 5.06 Å². The Hall–Kier alpha value is -2.92. The molecule has 3 nitrogen and oxygen atoms in total. The van der Waals surface area contributed by atoms with Crippen LogP contribution < -0.4 is 15.2 Å². The first-order valence-electron chi connectivity index (χ1n) is 24.4. The highest BCUT2D eigenvalue weighted by molar-refractivity contribution is 7.30. The largest absolute Gasteiger partial charge is 0.484 e. The van der Waals surface area contributed by atoms with Gasteiger partial charge in [0.1, 0.15) is 0 Å². The van der Waals surface area contributed by atoms with E-state index in [-0.39, 0.29) is 11.7 Å². The molecule has 0 saturated heterocycles. The maximum absolute atomic E-state index is 15.2. The molecular weight excluding hydrogens is 901 g/mol. The van der Waals surface area contributed by atoms with Crippen LogP contribution in [0.4, 0.5) is 0 Å². The van der Waals surface area contributed by atoms with Gasteiger partial charge in [0.15, 0.2) is 16.6 Å². The Morgan fingerprint density at radius 2 is 1.09 bits per heavy atom. The molecule has 6 aromatic heterocycles. The summed E-state index contributed by atoms with van der Waals surface area (Å²) in [5.74, 6) is 0.574. The number of carbonyl (C=O) groups is 2. The number of aryl methyl sites for hydroxylation is 3. The Morgan fingerprint density at radius 1 is 0.531 bits per heavy atom. The van der Waals surface area contributed by atoms with Gasteiger partial charge in [-0.25, -0.2) is 0 Å². The standard InChI is InChI=1S/C55H66O3S6/c1-7-10-13-15-17-18-19-22-25-37(24-21-12-9-3)50(56)44-32-38-36(6)61-55(54(38)63-44)43-29-28-42(62-43)47-49-48(46(51(47)57)41-27-26-34(4)59-41)52-39(31-35(5)60-52)40-33-45(64-53(40)49)58-30-23-20-16-14-11-8-2/h26-29,31-33,37H,7-25,30H2,1-6H3. The van der Waals surface area contributed by atoms with Crippen molar-refractivity contribution in [3.05, 3.63) is 82.2 Å². The molecule has 9 heteroatoms. The molecule has 0 bridgehead atoms. The van der Waals surface area contributed by atoms with Crippen LogP contribution in [0.1, 0.15) is 177 Å². The molecule has 1 aliphatic carbocycles. The zero-order valence-corrected chi connectivity index (χ0v) is 43.8. The fraction of sp³-hybridized carbons (Fsp3) is 0.491. The molecule has 0 amide bonds. The normalized spacial score (nSPS) is 13.4. The van der Waals surface area contributed by atoms with E-state index in [1.807, 2.05) is 11.3 Å². The molecule has 64 heavy (non-hydrogen) atoms. The summed E-state index contributed by atoms with van der Waals surface area (Å²) in [7, 11) is 0. The lowest BCUT2D eigenvalue weighted by atomic mass is 9.90. The van der Waals surface area contributed by atoms with Gasteiger partial charge in [0.05, 0.1) is 21.1 Å². The van der Waals surface area contributed by atoms with Crippen LogP contribution in [0.25, 0.3) is 51.2 Å². The third-order valence-electron chi connectivity index (χ3n) is 13.1. The van der Waals surface area contributed by atoms with Crippen molar-refractivity contribution in [3.63, 3.8) is 0 Å². The molecule has 6 heterocycles. The number of ether oxygens (including phenoxy) is 1. The number of unbranched alkanes of at least 4 members (excludes halogenated alkanes) is 14. The van der Waals surface area contributed by atoms with E-state index in [1.54, 1.807) is 56.7 Å². The molecule has 0 spiro atoms. The number of rotatable bonds is 26. The van der Waals surface area contributed by atoms with Crippen molar-refractivity contribution in [2.75, 3.05) is 6.61 Å². The highest BCUT2D eigenvalue weighted by atomic mass is 32.1. The summed E-state index contributed by atoms with van der Waals surface area (Å²) in [6.45, 7) is 14.0. The SMILES string of the molecule is CCCCCCCCCCC(CCCCC)C(=O)c1cc2c(C)sc(-c3ccc(C4=c5c(c6sc(C)cc6c6cc(OCCCCCCCC)sc56)=C(c5ccc(C)s5)C4=O)s3)c2s1. The maximum Gasteiger partial charge on any atom is 0.197 e. The fourth-order valence-corrected chi connectivity index (χ4v) is 16.5. The average molecular weight is 968 g/mol. The molecule has 1 atom stereocenters. The van der Waals surface area contributed by atoms with Crippen LogP contribution in [0.2, 0.25) is 0 Å². The molecule has 0 radical (unpaired) electrons. The molecule has 1 aliphatic rings. The smallest absolute Gasteiger partial charge is 0.197 e. The Labute approximate surface area is 405 Å². The van der Waals surface area contributed by atoms with Crippen molar-refractivity contribution in [2.24, 2.45) is 5.92 Å². The summed E-state index contributed by atoms with van der Waals surface area (Å²) in [5, 5.41) is 6.73. The van der Waals surface area contributed by atoms with Gasteiger partial charge >= 0.3 is 0 Å². The topological polar surface area (TPSA) is 43.4 Å². The minimum Gasteiger partial charge on any atom is -0.484 e. The summed E-state index contributed by atoms with van der Waals surface area (Å²) >= 11 is 10.5. The van der Waals surface area contributed by atoms with E-state index >= 15 is 4.79 Å². The van der Waals surface area contributed by atoms with Crippen LogP contribution in [-0.2, 0) is 4.79 Å². The highest BCUT2D eigenvalue weighted by Crippen LogP contribution is 2.47. The molecule has 7 aromatic rings. The van der Waals surface area contributed by atoms with Crippen LogP contribution >= 0.6 is 68.0 Å². The summed E-state index contributed by atoms with van der Waals surface area (Å²) in [4.78, 5) is 38.7. The van der Waals surface area contributed by atoms with Crippen molar-refractivity contribution in [1.82, 2.24) is 0 Å².